The number of carbonyl (C=O) groups is 3. The van der Waals surface area contributed by atoms with Crippen molar-refractivity contribution < 1.29 is 32.7 Å². The van der Waals surface area contributed by atoms with Crippen LogP contribution in [0.3, 0.4) is 0 Å². The van der Waals surface area contributed by atoms with Crippen molar-refractivity contribution in [3.8, 4) is 0 Å². The standard InChI is InChI=1S/C17H19N5O2.C2HF3O2/c1-20-10-14(9-19-20)22-12-17(7-15(22)23)4-6-21(11-17)16(24)13-3-2-5-18-8-13;3-2(4,5)1(6)7/h2-3,5,8-10H,4,6-7,11-12H2,1H3;(H,6,7). The van der Waals surface area contributed by atoms with E-state index in [1.165, 1.54) is 0 Å². The molecule has 0 aromatic carbocycles. The molecule has 12 heteroatoms. The van der Waals surface area contributed by atoms with Crippen LogP contribution in [-0.2, 0) is 16.6 Å². The van der Waals surface area contributed by atoms with Gasteiger partial charge in [-0.1, -0.05) is 0 Å². The second-order valence-corrected chi connectivity index (χ2v) is 7.55. The van der Waals surface area contributed by atoms with Crippen molar-refractivity contribution in [1.29, 1.82) is 0 Å². The fourth-order valence-corrected chi connectivity index (χ4v) is 3.73. The van der Waals surface area contributed by atoms with Crippen molar-refractivity contribution in [3.05, 3.63) is 42.5 Å². The van der Waals surface area contributed by atoms with Crippen LogP contribution in [0.15, 0.2) is 36.9 Å². The Bertz CT molecular complexity index is 978. The molecule has 2 aromatic rings. The summed E-state index contributed by atoms with van der Waals surface area (Å²) in [4.78, 5) is 41.6. The molecule has 2 fully saturated rings. The van der Waals surface area contributed by atoms with Crippen molar-refractivity contribution in [1.82, 2.24) is 19.7 Å². The average Bonchev–Trinajstić information content (AvgIpc) is 3.41. The third kappa shape index (κ3) is 5.01. The number of amides is 2. The van der Waals surface area contributed by atoms with Crippen molar-refractivity contribution in [2.24, 2.45) is 12.5 Å². The van der Waals surface area contributed by atoms with E-state index in [1.807, 2.05) is 18.1 Å². The van der Waals surface area contributed by atoms with E-state index < -0.39 is 12.1 Å². The molecule has 4 rings (SSSR count). The molecule has 1 spiro atoms. The number of pyridine rings is 1. The van der Waals surface area contributed by atoms with Gasteiger partial charge in [-0.15, -0.1) is 0 Å². The molecule has 2 saturated heterocycles. The van der Waals surface area contributed by atoms with E-state index >= 15 is 0 Å². The highest BCUT2D eigenvalue weighted by Crippen LogP contribution is 2.42. The summed E-state index contributed by atoms with van der Waals surface area (Å²) < 4.78 is 33.4. The fraction of sp³-hybridized carbons (Fsp3) is 0.421. The number of carbonyl (C=O) groups excluding carboxylic acids is 2. The molecule has 0 saturated carbocycles. The molecular formula is C19H20F3N5O4. The molecule has 1 N–H and O–H groups in total. The number of rotatable bonds is 2. The van der Waals surface area contributed by atoms with Crippen molar-refractivity contribution in [3.63, 3.8) is 0 Å². The van der Waals surface area contributed by atoms with E-state index in [0.29, 0.717) is 31.6 Å². The van der Waals surface area contributed by atoms with Crippen LogP contribution in [0.4, 0.5) is 18.9 Å². The zero-order valence-corrected chi connectivity index (χ0v) is 16.5. The third-order valence-corrected chi connectivity index (χ3v) is 5.20. The van der Waals surface area contributed by atoms with Crippen LogP contribution >= 0.6 is 0 Å². The van der Waals surface area contributed by atoms with Crippen LogP contribution in [0, 0.1) is 5.41 Å². The molecule has 2 aromatic heterocycles. The lowest BCUT2D eigenvalue weighted by molar-refractivity contribution is -0.192. The Morgan fingerprint density at radius 3 is 2.48 bits per heavy atom. The predicted molar refractivity (Wildman–Crippen MR) is 101 cm³/mol. The summed E-state index contributed by atoms with van der Waals surface area (Å²) >= 11 is 0. The van der Waals surface area contributed by atoms with Crippen molar-refractivity contribution >= 4 is 23.5 Å². The van der Waals surface area contributed by atoms with Crippen LogP contribution in [-0.4, -0.2) is 68.4 Å². The van der Waals surface area contributed by atoms with Gasteiger partial charge in [0.15, 0.2) is 0 Å². The zero-order valence-electron chi connectivity index (χ0n) is 16.5. The second kappa shape index (κ2) is 8.36. The molecule has 1 unspecified atom stereocenters. The normalized spacial score (nSPS) is 20.7. The summed E-state index contributed by atoms with van der Waals surface area (Å²) in [5.74, 6) is -2.65. The molecule has 2 amide bonds. The number of aromatic nitrogens is 3. The first-order valence-electron chi connectivity index (χ1n) is 9.29. The highest BCUT2D eigenvalue weighted by atomic mass is 19.4. The van der Waals surface area contributed by atoms with Crippen LogP contribution in [0.1, 0.15) is 23.2 Å². The number of carboxylic acids is 1. The van der Waals surface area contributed by atoms with Crippen molar-refractivity contribution in [2.45, 2.75) is 19.0 Å². The quantitative estimate of drug-likeness (QED) is 0.763. The topological polar surface area (TPSA) is 109 Å². The van der Waals surface area contributed by atoms with Gasteiger partial charge in [0.05, 0.1) is 17.4 Å². The Balaban J connectivity index is 0.000000339. The molecular weight excluding hydrogens is 419 g/mol. The molecule has 9 nitrogen and oxygen atoms in total. The Labute approximate surface area is 175 Å². The van der Waals surface area contributed by atoms with Crippen LogP contribution in [0.5, 0.6) is 0 Å². The molecule has 2 aliphatic rings. The Kier molecular flexibility index (Phi) is 6.00. The molecule has 1 atom stereocenters. The van der Waals surface area contributed by atoms with Crippen LogP contribution < -0.4 is 4.90 Å². The lowest BCUT2D eigenvalue weighted by Gasteiger charge is -2.23. The lowest BCUT2D eigenvalue weighted by Crippen LogP contribution is -2.34. The van der Waals surface area contributed by atoms with E-state index in [9.17, 15) is 22.8 Å². The number of nitrogens with zero attached hydrogens (tertiary/aromatic N) is 5. The number of hydrogen-bond donors (Lipinski definition) is 1. The van der Waals surface area contributed by atoms with Gasteiger partial charge in [0.1, 0.15) is 0 Å². The Morgan fingerprint density at radius 2 is 1.94 bits per heavy atom. The number of carboxylic acid groups (broad SMARTS) is 1. The van der Waals surface area contributed by atoms with Gasteiger partial charge in [0, 0.05) is 57.1 Å². The SMILES string of the molecule is Cn1cc(N2CC3(CCN(C(=O)c4cccnc4)C3)CC2=O)cn1.O=C(O)C(F)(F)F. The zero-order chi connectivity index (χ0) is 22.8. The highest BCUT2D eigenvalue weighted by molar-refractivity contribution is 5.97. The number of halogens is 3. The molecule has 0 aliphatic carbocycles. The Morgan fingerprint density at radius 1 is 1.23 bits per heavy atom. The molecule has 0 radical (unpaired) electrons. The predicted octanol–water partition coefficient (Wildman–Crippen LogP) is 1.72. The van der Waals surface area contributed by atoms with Gasteiger partial charge in [0.2, 0.25) is 5.91 Å². The highest BCUT2D eigenvalue weighted by Gasteiger charge is 2.49. The second-order valence-electron chi connectivity index (χ2n) is 7.55. The minimum absolute atomic E-state index is 0.00717. The first-order chi connectivity index (χ1) is 14.5. The molecule has 4 heterocycles. The van der Waals surface area contributed by atoms with Gasteiger partial charge in [-0.05, 0) is 18.6 Å². The van der Waals surface area contributed by atoms with Crippen molar-refractivity contribution in [2.75, 3.05) is 24.5 Å². The van der Waals surface area contributed by atoms with E-state index in [-0.39, 0.29) is 17.2 Å². The third-order valence-electron chi connectivity index (χ3n) is 5.20. The summed E-state index contributed by atoms with van der Waals surface area (Å²) in [5.41, 5.74) is 1.28. The van der Waals surface area contributed by atoms with Gasteiger partial charge in [0.25, 0.3) is 5.91 Å². The monoisotopic (exact) mass is 439 g/mol. The fourth-order valence-electron chi connectivity index (χ4n) is 3.73. The minimum Gasteiger partial charge on any atom is -0.475 e. The van der Waals surface area contributed by atoms with Gasteiger partial charge in [-0.3, -0.25) is 19.3 Å². The van der Waals surface area contributed by atoms with Gasteiger partial charge >= 0.3 is 12.1 Å². The molecule has 166 valence electrons. The van der Waals surface area contributed by atoms with E-state index in [2.05, 4.69) is 10.1 Å². The first kappa shape index (κ1) is 22.2. The average molecular weight is 439 g/mol. The maximum atomic E-state index is 12.6. The number of aliphatic carboxylic acids is 1. The van der Waals surface area contributed by atoms with E-state index in [1.54, 1.807) is 40.3 Å². The molecule has 2 aliphatic heterocycles. The maximum Gasteiger partial charge on any atom is 0.490 e. The van der Waals surface area contributed by atoms with Gasteiger partial charge < -0.3 is 14.9 Å². The summed E-state index contributed by atoms with van der Waals surface area (Å²) in [6.07, 6.45) is 3.06. The van der Waals surface area contributed by atoms with Crippen LogP contribution in [0.2, 0.25) is 0 Å². The summed E-state index contributed by atoms with van der Waals surface area (Å²) in [5, 5.41) is 11.3. The largest absolute Gasteiger partial charge is 0.490 e. The van der Waals surface area contributed by atoms with Gasteiger partial charge in [-0.25, -0.2) is 4.79 Å². The smallest absolute Gasteiger partial charge is 0.475 e. The number of anilines is 1. The lowest BCUT2D eigenvalue weighted by atomic mass is 9.86. The molecule has 31 heavy (non-hydrogen) atoms. The summed E-state index contributed by atoms with van der Waals surface area (Å²) in [7, 11) is 1.84. The number of alkyl halides is 3. The Hall–Kier alpha value is -3.44. The number of aryl methyl sites for hydroxylation is 1. The maximum absolute atomic E-state index is 12.6. The first-order valence-corrected chi connectivity index (χ1v) is 9.29. The van der Waals surface area contributed by atoms with E-state index in [4.69, 9.17) is 9.90 Å². The number of hydrogen-bond acceptors (Lipinski definition) is 5. The summed E-state index contributed by atoms with van der Waals surface area (Å²) in [6, 6.07) is 3.55. The van der Waals surface area contributed by atoms with E-state index in [0.717, 1.165) is 12.1 Å². The number of likely N-dealkylation sites (tertiary alicyclic amines) is 1. The van der Waals surface area contributed by atoms with Gasteiger partial charge in [-0.2, -0.15) is 18.3 Å². The molecule has 0 bridgehead atoms. The minimum atomic E-state index is -5.08. The van der Waals surface area contributed by atoms with Crippen LogP contribution in [0.25, 0.3) is 0 Å². The summed E-state index contributed by atoms with van der Waals surface area (Å²) in [6.45, 7) is 1.94.